The second-order valence-corrected chi connectivity index (χ2v) is 7.88. The van der Waals surface area contributed by atoms with Gasteiger partial charge in [0.25, 0.3) is 0 Å². The Balaban J connectivity index is 1.47. The molecule has 26 heavy (non-hydrogen) atoms. The van der Waals surface area contributed by atoms with E-state index in [0.717, 1.165) is 43.0 Å². The molecule has 0 spiro atoms. The number of likely N-dealkylation sites (tertiary alicyclic amines) is 2. The van der Waals surface area contributed by atoms with Crippen LogP contribution in [0.3, 0.4) is 0 Å². The van der Waals surface area contributed by atoms with Gasteiger partial charge in [0.05, 0.1) is 0 Å². The zero-order valence-electron chi connectivity index (χ0n) is 15.9. The molecule has 0 atom stereocenters. The van der Waals surface area contributed by atoms with E-state index < -0.39 is 0 Å². The predicted octanol–water partition coefficient (Wildman–Crippen LogP) is 3.81. The number of piperidine rings is 2. The van der Waals surface area contributed by atoms with Crippen molar-refractivity contribution in [1.82, 2.24) is 9.80 Å². The molecule has 4 rings (SSSR count). The first-order chi connectivity index (χ1) is 12.7. The van der Waals surface area contributed by atoms with E-state index in [9.17, 15) is 4.79 Å². The highest BCUT2D eigenvalue weighted by molar-refractivity contribution is 5.80. The Morgan fingerprint density at radius 1 is 1.04 bits per heavy atom. The fourth-order valence-corrected chi connectivity index (χ4v) is 4.59. The number of nitrogens with zero attached hydrogens (tertiary/aromatic N) is 2. The minimum absolute atomic E-state index is 0.236. The van der Waals surface area contributed by atoms with Gasteiger partial charge in [0.15, 0.2) is 0 Å². The highest BCUT2D eigenvalue weighted by Crippen LogP contribution is 2.24. The van der Waals surface area contributed by atoms with Crippen LogP contribution in [0.5, 0.6) is 0 Å². The summed E-state index contributed by atoms with van der Waals surface area (Å²) >= 11 is 0. The third kappa shape index (κ3) is 3.86. The van der Waals surface area contributed by atoms with Crippen LogP contribution in [0, 0.1) is 0 Å². The van der Waals surface area contributed by atoms with Crippen molar-refractivity contribution in [3.05, 3.63) is 45.8 Å². The summed E-state index contributed by atoms with van der Waals surface area (Å²) in [5, 5.41) is 1.10. The number of fused-ring (bicyclic) bond motifs is 1. The molecular formula is C22H30N2O2. The van der Waals surface area contributed by atoms with E-state index in [1.165, 1.54) is 50.8 Å². The average molecular weight is 354 g/mol. The maximum Gasteiger partial charge on any atom is 0.336 e. The van der Waals surface area contributed by atoms with Crippen LogP contribution in [0.4, 0.5) is 0 Å². The quantitative estimate of drug-likeness (QED) is 0.783. The van der Waals surface area contributed by atoms with E-state index in [0.29, 0.717) is 5.58 Å². The summed E-state index contributed by atoms with van der Waals surface area (Å²) < 4.78 is 5.41. The van der Waals surface area contributed by atoms with Gasteiger partial charge >= 0.3 is 5.63 Å². The third-order valence-electron chi connectivity index (χ3n) is 6.16. The van der Waals surface area contributed by atoms with E-state index in [1.54, 1.807) is 6.07 Å². The zero-order chi connectivity index (χ0) is 17.9. The summed E-state index contributed by atoms with van der Waals surface area (Å²) in [5.41, 5.74) is 2.88. The highest BCUT2D eigenvalue weighted by Gasteiger charge is 2.25. The van der Waals surface area contributed by atoms with Gasteiger partial charge in [0, 0.05) is 24.0 Å². The molecule has 0 N–H and O–H groups in total. The van der Waals surface area contributed by atoms with Gasteiger partial charge in [-0.05, 0) is 81.5 Å². The largest absolute Gasteiger partial charge is 0.423 e. The maximum absolute atomic E-state index is 12.0. The molecule has 1 aromatic heterocycles. The fraction of sp³-hybridized carbons (Fsp3) is 0.591. The van der Waals surface area contributed by atoms with Gasteiger partial charge in [-0.3, -0.25) is 4.90 Å². The second-order valence-electron chi connectivity index (χ2n) is 7.88. The lowest BCUT2D eigenvalue weighted by atomic mass is 9.99. The number of rotatable bonds is 4. The van der Waals surface area contributed by atoms with Gasteiger partial charge in [-0.2, -0.15) is 0 Å². The highest BCUT2D eigenvalue weighted by atomic mass is 16.4. The Hall–Kier alpha value is -1.65. The Morgan fingerprint density at radius 3 is 2.54 bits per heavy atom. The topological polar surface area (TPSA) is 36.7 Å². The molecule has 0 amide bonds. The fourth-order valence-electron chi connectivity index (χ4n) is 4.59. The van der Waals surface area contributed by atoms with Crippen molar-refractivity contribution in [2.24, 2.45) is 0 Å². The van der Waals surface area contributed by atoms with Gasteiger partial charge in [-0.25, -0.2) is 4.79 Å². The van der Waals surface area contributed by atoms with E-state index >= 15 is 0 Å². The molecule has 0 saturated carbocycles. The second kappa shape index (κ2) is 7.93. The number of hydrogen-bond acceptors (Lipinski definition) is 4. The first-order valence-corrected chi connectivity index (χ1v) is 10.2. The summed E-state index contributed by atoms with van der Waals surface area (Å²) in [6.07, 6.45) is 7.63. The van der Waals surface area contributed by atoms with Crippen molar-refractivity contribution in [2.75, 3.05) is 26.2 Å². The summed E-state index contributed by atoms with van der Waals surface area (Å²) in [6, 6.07) is 8.64. The lowest BCUT2D eigenvalue weighted by Crippen LogP contribution is -2.46. The summed E-state index contributed by atoms with van der Waals surface area (Å²) in [5.74, 6) is 0. The number of benzene rings is 1. The van der Waals surface area contributed by atoms with Gasteiger partial charge in [0.1, 0.15) is 5.58 Å². The molecule has 3 heterocycles. The first kappa shape index (κ1) is 17.7. The van der Waals surface area contributed by atoms with E-state index in [-0.39, 0.29) is 5.63 Å². The van der Waals surface area contributed by atoms with Crippen LogP contribution in [-0.4, -0.2) is 42.0 Å². The molecule has 2 aliphatic heterocycles. The van der Waals surface area contributed by atoms with E-state index in [4.69, 9.17) is 4.42 Å². The van der Waals surface area contributed by atoms with Crippen LogP contribution in [0.2, 0.25) is 0 Å². The maximum atomic E-state index is 12.0. The lowest BCUT2D eigenvalue weighted by Gasteiger charge is -2.40. The van der Waals surface area contributed by atoms with Gasteiger partial charge in [0.2, 0.25) is 0 Å². The average Bonchev–Trinajstić information content (AvgIpc) is 2.69. The predicted molar refractivity (Wildman–Crippen MR) is 106 cm³/mol. The SMILES string of the molecule is CCc1ccc2oc(=O)cc(CN3CCC(N4CCCCC4)CC3)c2c1. The molecule has 2 fully saturated rings. The Kier molecular flexibility index (Phi) is 5.41. The standard InChI is InChI=1S/C22H30N2O2/c1-2-17-6-7-21-20(14-17)18(15-22(25)26-21)16-23-12-8-19(9-13-23)24-10-4-3-5-11-24/h6-7,14-15,19H,2-5,8-13,16H2,1H3. The molecule has 2 aromatic rings. The van der Waals surface area contributed by atoms with Gasteiger partial charge < -0.3 is 9.32 Å². The van der Waals surface area contributed by atoms with E-state index in [2.05, 4.69) is 28.9 Å². The molecule has 2 aliphatic rings. The van der Waals surface area contributed by atoms with Gasteiger partial charge in [-0.1, -0.05) is 19.4 Å². The molecule has 1 aromatic carbocycles. The van der Waals surface area contributed by atoms with Crippen LogP contribution in [0.25, 0.3) is 11.0 Å². The Bertz CT molecular complexity index is 799. The molecule has 0 bridgehead atoms. The number of aryl methyl sites for hydroxylation is 1. The molecule has 4 heteroatoms. The molecular weight excluding hydrogens is 324 g/mol. The molecule has 2 saturated heterocycles. The molecule has 0 aliphatic carbocycles. The Morgan fingerprint density at radius 2 is 1.81 bits per heavy atom. The zero-order valence-corrected chi connectivity index (χ0v) is 15.9. The van der Waals surface area contributed by atoms with Crippen molar-refractivity contribution in [3.63, 3.8) is 0 Å². The normalized spacial score (nSPS) is 20.7. The summed E-state index contributed by atoms with van der Waals surface area (Å²) in [4.78, 5) is 17.2. The van der Waals surface area contributed by atoms with Crippen molar-refractivity contribution in [1.29, 1.82) is 0 Å². The first-order valence-electron chi connectivity index (χ1n) is 10.2. The molecule has 4 nitrogen and oxygen atoms in total. The van der Waals surface area contributed by atoms with Crippen LogP contribution in [0.15, 0.2) is 33.5 Å². The summed E-state index contributed by atoms with van der Waals surface area (Å²) in [7, 11) is 0. The van der Waals surface area contributed by atoms with Gasteiger partial charge in [-0.15, -0.1) is 0 Å². The molecule has 140 valence electrons. The third-order valence-corrected chi connectivity index (χ3v) is 6.16. The van der Waals surface area contributed by atoms with E-state index in [1.807, 2.05) is 6.07 Å². The van der Waals surface area contributed by atoms with Crippen molar-refractivity contribution in [3.8, 4) is 0 Å². The van der Waals surface area contributed by atoms with Crippen LogP contribution < -0.4 is 5.63 Å². The van der Waals surface area contributed by atoms with Crippen LogP contribution in [0.1, 0.15) is 50.2 Å². The number of hydrogen-bond donors (Lipinski definition) is 0. The minimum Gasteiger partial charge on any atom is -0.423 e. The minimum atomic E-state index is -0.236. The Labute approximate surface area is 155 Å². The van der Waals surface area contributed by atoms with Crippen molar-refractivity contribution in [2.45, 2.75) is 58.0 Å². The van der Waals surface area contributed by atoms with Crippen LogP contribution >= 0.6 is 0 Å². The summed E-state index contributed by atoms with van der Waals surface area (Å²) in [6.45, 7) is 7.82. The van der Waals surface area contributed by atoms with Crippen molar-refractivity contribution < 1.29 is 4.42 Å². The smallest absolute Gasteiger partial charge is 0.336 e. The van der Waals surface area contributed by atoms with Crippen LogP contribution in [-0.2, 0) is 13.0 Å². The monoisotopic (exact) mass is 354 g/mol. The van der Waals surface area contributed by atoms with Crippen molar-refractivity contribution >= 4 is 11.0 Å². The lowest BCUT2D eigenvalue weighted by molar-refractivity contribution is 0.0898. The molecule has 0 radical (unpaired) electrons. The molecule has 0 unspecified atom stereocenters.